The molecule has 1 heterocycles. The highest BCUT2D eigenvalue weighted by Crippen LogP contribution is 2.29. The lowest BCUT2D eigenvalue weighted by molar-refractivity contribution is -0.274. The van der Waals surface area contributed by atoms with Crippen molar-refractivity contribution in [3.8, 4) is 11.5 Å². The average molecular weight is 467 g/mol. The van der Waals surface area contributed by atoms with E-state index in [1.54, 1.807) is 6.07 Å². The second-order valence-corrected chi connectivity index (χ2v) is 6.70. The van der Waals surface area contributed by atoms with Gasteiger partial charge in [0.25, 0.3) is 5.91 Å². The molecule has 3 aromatic rings. The number of alkyl halides is 3. The molecule has 0 radical (unpaired) electrons. The van der Waals surface area contributed by atoms with Crippen LogP contribution in [0.3, 0.4) is 0 Å². The van der Waals surface area contributed by atoms with E-state index >= 15 is 0 Å². The summed E-state index contributed by atoms with van der Waals surface area (Å²) < 4.78 is 46.4. The molecule has 3 rings (SSSR count). The van der Waals surface area contributed by atoms with Gasteiger partial charge in [-0.25, -0.2) is 4.79 Å². The molecule has 7 nitrogen and oxygen atoms in total. The van der Waals surface area contributed by atoms with E-state index in [9.17, 15) is 22.8 Å². The van der Waals surface area contributed by atoms with Crippen LogP contribution in [-0.2, 0) is 6.61 Å². The Balaban J connectivity index is 1.67. The number of aromatic carboxylic acids is 1. The van der Waals surface area contributed by atoms with E-state index < -0.39 is 18.2 Å². The van der Waals surface area contributed by atoms with Gasteiger partial charge in [-0.05, 0) is 48.0 Å². The van der Waals surface area contributed by atoms with E-state index in [2.05, 4.69) is 15.0 Å². The van der Waals surface area contributed by atoms with Crippen LogP contribution in [0.5, 0.6) is 11.5 Å². The van der Waals surface area contributed by atoms with Gasteiger partial charge in [0.15, 0.2) is 0 Å². The van der Waals surface area contributed by atoms with E-state index in [4.69, 9.17) is 21.4 Å². The van der Waals surface area contributed by atoms with Gasteiger partial charge < -0.3 is 19.9 Å². The van der Waals surface area contributed by atoms with Crippen LogP contribution in [0.25, 0.3) is 0 Å². The number of aromatic nitrogens is 1. The smallest absolute Gasteiger partial charge is 0.487 e. The maximum Gasteiger partial charge on any atom is 0.573 e. The van der Waals surface area contributed by atoms with Gasteiger partial charge in [-0.15, -0.1) is 13.2 Å². The van der Waals surface area contributed by atoms with Gasteiger partial charge in [0.2, 0.25) is 0 Å². The number of carboxylic acids is 1. The summed E-state index contributed by atoms with van der Waals surface area (Å²) in [4.78, 5) is 27.4. The van der Waals surface area contributed by atoms with Gasteiger partial charge in [-0.3, -0.25) is 9.78 Å². The molecule has 0 bridgehead atoms. The summed E-state index contributed by atoms with van der Waals surface area (Å²) in [5.41, 5.74) is 0.150. The van der Waals surface area contributed by atoms with Crippen LogP contribution >= 0.6 is 11.6 Å². The van der Waals surface area contributed by atoms with Crippen molar-refractivity contribution in [2.75, 3.05) is 5.32 Å². The molecule has 0 unspecified atom stereocenters. The highest BCUT2D eigenvalue weighted by atomic mass is 35.5. The van der Waals surface area contributed by atoms with Crippen molar-refractivity contribution in [3.05, 3.63) is 82.6 Å². The number of nitrogens with zero attached hydrogens (tertiary/aromatic N) is 1. The van der Waals surface area contributed by atoms with Gasteiger partial charge in [0.05, 0.1) is 10.6 Å². The number of amides is 1. The maximum absolute atomic E-state index is 12.4. The molecule has 166 valence electrons. The lowest BCUT2D eigenvalue weighted by Gasteiger charge is -2.12. The van der Waals surface area contributed by atoms with Crippen molar-refractivity contribution < 1.29 is 37.3 Å². The first-order chi connectivity index (χ1) is 15.1. The lowest BCUT2D eigenvalue weighted by Crippen LogP contribution is -2.18. The number of hydrogen-bond donors (Lipinski definition) is 2. The zero-order valence-electron chi connectivity index (χ0n) is 16.0. The van der Waals surface area contributed by atoms with Crippen molar-refractivity contribution in [3.63, 3.8) is 0 Å². The summed E-state index contributed by atoms with van der Waals surface area (Å²) >= 11 is 6.17. The first-order valence-electron chi connectivity index (χ1n) is 8.89. The molecule has 0 atom stereocenters. The fourth-order valence-corrected chi connectivity index (χ4v) is 2.87. The Kier molecular flexibility index (Phi) is 6.84. The van der Waals surface area contributed by atoms with Gasteiger partial charge in [0, 0.05) is 11.9 Å². The summed E-state index contributed by atoms with van der Waals surface area (Å²) in [6.45, 7) is -0.0869. The van der Waals surface area contributed by atoms with E-state index in [1.165, 1.54) is 54.7 Å². The first kappa shape index (κ1) is 22.9. The number of pyridine rings is 1. The number of halogens is 4. The third-order valence-corrected chi connectivity index (χ3v) is 4.26. The monoisotopic (exact) mass is 466 g/mol. The largest absolute Gasteiger partial charge is 0.573 e. The summed E-state index contributed by atoms with van der Waals surface area (Å²) in [7, 11) is 0. The maximum atomic E-state index is 12.4. The normalized spacial score (nSPS) is 11.0. The highest BCUT2D eigenvalue weighted by Gasteiger charge is 2.31. The third-order valence-electron chi connectivity index (χ3n) is 3.97. The second kappa shape index (κ2) is 9.56. The number of carboxylic acid groups (broad SMARTS) is 1. The molecule has 2 aromatic carbocycles. The van der Waals surface area contributed by atoms with Gasteiger partial charge >= 0.3 is 12.3 Å². The minimum atomic E-state index is -4.80. The molecule has 11 heteroatoms. The zero-order valence-corrected chi connectivity index (χ0v) is 16.8. The zero-order chi connectivity index (χ0) is 23.3. The topological polar surface area (TPSA) is 97.8 Å². The van der Waals surface area contributed by atoms with Gasteiger partial charge in [-0.1, -0.05) is 23.7 Å². The Labute approximate surface area is 184 Å². The number of carbonyl (C=O) groups excluding carboxylic acids is 1. The molecule has 32 heavy (non-hydrogen) atoms. The molecule has 1 aromatic heterocycles. The van der Waals surface area contributed by atoms with Crippen LogP contribution in [0, 0.1) is 0 Å². The van der Waals surface area contributed by atoms with Gasteiger partial charge in [-0.2, -0.15) is 0 Å². The molecular formula is C21H14ClF3N2O5. The number of hydrogen-bond acceptors (Lipinski definition) is 5. The number of anilines is 1. The van der Waals surface area contributed by atoms with Crippen LogP contribution in [-0.4, -0.2) is 28.3 Å². The Morgan fingerprint density at radius 1 is 1.09 bits per heavy atom. The Morgan fingerprint density at radius 3 is 2.56 bits per heavy atom. The molecule has 0 aliphatic heterocycles. The van der Waals surface area contributed by atoms with E-state index in [1.807, 2.05) is 0 Å². The quantitative estimate of drug-likeness (QED) is 0.499. The Bertz CT molecular complexity index is 1150. The number of nitrogens with one attached hydrogen (secondary N) is 1. The van der Waals surface area contributed by atoms with E-state index in [0.717, 1.165) is 0 Å². The van der Waals surface area contributed by atoms with Crippen LogP contribution in [0.1, 0.15) is 26.4 Å². The minimum Gasteiger partial charge on any atom is -0.487 e. The number of carbonyl (C=O) groups is 2. The van der Waals surface area contributed by atoms with Crippen molar-refractivity contribution in [2.24, 2.45) is 0 Å². The Hall–Kier alpha value is -3.79. The number of rotatable bonds is 7. The highest BCUT2D eigenvalue weighted by molar-refractivity contribution is 6.32. The summed E-state index contributed by atoms with van der Waals surface area (Å²) in [5.74, 6) is -2.20. The van der Waals surface area contributed by atoms with Crippen LogP contribution in [0.4, 0.5) is 18.9 Å². The molecule has 0 spiro atoms. The van der Waals surface area contributed by atoms with Gasteiger partial charge in [0.1, 0.15) is 23.8 Å². The second-order valence-electron chi connectivity index (χ2n) is 6.29. The van der Waals surface area contributed by atoms with E-state index in [0.29, 0.717) is 5.56 Å². The van der Waals surface area contributed by atoms with Crippen molar-refractivity contribution >= 4 is 29.2 Å². The predicted octanol–water partition coefficient (Wildman–Crippen LogP) is 5.16. The first-order valence-corrected chi connectivity index (χ1v) is 9.27. The SMILES string of the molecule is O=C(O)c1cccnc1C(=O)Nc1ccc(OCc2cccc(OC(F)(F)F)c2)c(Cl)c1. The van der Waals surface area contributed by atoms with Crippen LogP contribution in [0.2, 0.25) is 5.02 Å². The molecule has 0 aliphatic rings. The molecule has 2 N–H and O–H groups in total. The van der Waals surface area contributed by atoms with Crippen molar-refractivity contribution in [1.29, 1.82) is 0 Å². The standard InChI is InChI=1S/C21H14ClF3N2O5/c22-16-10-13(27-19(28)18-15(20(29)30)5-2-8-26-18)6-7-17(16)31-11-12-3-1-4-14(9-12)32-21(23,24)25/h1-10H,11H2,(H,27,28)(H,29,30). The predicted molar refractivity (Wildman–Crippen MR) is 108 cm³/mol. The van der Waals surface area contributed by atoms with Crippen molar-refractivity contribution in [2.45, 2.75) is 13.0 Å². The van der Waals surface area contributed by atoms with E-state index in [-0.39, 0.29) is 40.1 Å². The molecule has 0 saturated carbocycles. The fourth-order valence-electron chi connectivity index (χ4n) is 2.64. The van der Waals surface area contributed by atoms with Crippen LogP contribution in [0.15, 0.2) is 60.8 Å². The average Bonchev–Trinajstić information content (AvgIpc) is 2.72. The Morgan fingerprint density at radius 2 is 1.88 bits per heavy atom. The summed E-state index contributed by atoms with van der Waals surface area (Å²) in [6, 6.07) is 12.2. The van der Waals surface area contributed by atoms with Crippen LogP contribution < -0.4 is 14.8 Å². The van der Waals surface area contributed by atoms with Crippen molar-refractivity contribution in [1.82, 2.24) is 4.98 Å². The summed E-state index contributed by atoms with van der Waals surface area (Å²) in [5, 5.41) is 11.8. The lowest BCUT2D eigenvalue weighted by atomic mass is 10.2. The molecule has 0 saturated heterocycles. The molecule has 0 fully saturated rings. The number of benzene rings is 2. The number of ether oxygens (including phenoxy) is 2. The molecular weight excluding hydrogens is 453 g/mol. The minimum absolute atomic E-state index is 0.0869. The molecule has 1 amide bonds. The third kappa shape index (κ3) is 6.11. The summed E-state index contributed by atoms with van der Waals surface area (Å²) in [6.07, 6.45) is -3.51. The fraction of sp³-hybridized carbons (Fsp3) is 0.0952. The molecule has 0 aliphatic carbocycles.